The summed E-state index contributed by atoms with van der Waals surface area (Å²) in [6.45, 7) is 4.24. The molecule has 12 heavy (non-hydrogen) atoms. The summed E-state index contributed by atoms with van der Waals surface area (Å²) in [7, 11) is 0. The fraction of sp³-hybridized carbons (Fsp3) is 0.900. The van der Waals surface area contributed by atoms with E-state index in [1.165, 1.54) is 0 Å². The summed E-state index contributed by atoms with van der Waals surface area (Å²) >= 11 is 0. The molecule has 72 valence electrons. The minimum absolute atomic E-state index is 0.131. The van der Waals surface area contributed by atoms with Crippen LogP contribution in [0.1, 0.15) is 46.0 Å². The number of carbonyl (C=O) groups excluding carboxylic acids is 1. The van der Waals surface area contributed by atoms with Gasteiger partial charge < -0.3 is 5.11 Å². The Labute approximate surface area is 75.0 Å². The third-order valence-corrected chi connectivity index (χ3v) is 2.12. The van der Waals surface area contributed by atoms with E-state index in [0.29, 0.717) is 18.6 Å². The lowest BCUT2D eigenvalue weighted by molar-refractivity contribution is -0.122. The molecule has 0 aliphatic carbocycles. The standard InChI is InChI=1S/C10H20O2/c1-3-4-6-9(2)10(12)7-5-8-11/h9,11H,3-8H2,1-2H3. The lowest BCUT2D eigenvalue weighted by atomic mass is 9.97. The molecule has 0 fully saturated rings. The maximum Gasteiger partial charge on any atom is 0.135 e. The third-order valence-electron chi connectivity index (χ3n) is 2.12. The number of hydrogen-bond donors (Lipinski definition) is 1. The first kappa shape index (κ1) is 11.6. The number of aliphatic hydroxyl groups is 1. The van der Waals surface area contributed by atoms with Crippen LogP contribution in [-0.2, 0) is 4.79 Å². The Morgan fingerprint density at radius 3 is 2.58 bits per heavy atom. The molecule has 0 aromatic heterocycles. The molecule has 2 nitrogen and oxygen atoms in total. The molecule has 1 N–H and O–H groups in total. The van der Waals surface area contributed by atoms with Crippen LogP contribution < -0.4 is 0 Å². The summed E-state index contributed by atoms with van der Waals surface area (Å²) in [5.74, 6) is 0.494. The number of hydrogen-bond acceptors (Lipinski definition) is 2. The van der Waals surface area contributed by atoms with Gasteiger partial charge in [-0.15, -0.1) is 0 Å². The van der Waals surface area contributed by atoms with Crippen LogP contribution in [0.5, 0.6) is 0 Å². The Balaban J connectivity index is 3.47. The molecule has 0 heterocycles. The quantitative estimate of drug-likeness (QED) is 0.639. The maximum absolute atomic E-state index is 11.3. The first-order valence-electron chi connectivity index (χ1n) is 4.86. The Kier molecular flexibility index (Phi) is 7.06. The second-order valence-electron chi connectivity index (χ2n) is 3.34. The first-order chi connectivity index (χ1) is 5.72. The van der Waals surface area contributed by atoms with Crippen molar-refractivity contribution >= 4 is 5.78 Å². The van der Waals surface area contributed by atoms with E-state index in [0.717, 1.165) is 19.3 Å². The zero-order chi connectivity index (χ0) is 9.40. The van der Waals surface area contributed by atoms with E-state index in [2.05, 4.69) is 6.92 Å². The highest BCUT2D eigenvalue weighted by molar-refractivity contribution is 5.80. The van der Waals surface area contributed by atoms with Crippen LogP contribution >= 0.6 is 0 Å². The molecule has 1 atom stereocenters. The topological polar surface area (TPSA) is 37.3 Å². The minimum Gasteiger partial charge on any atom is -0.396 e. The minimum atomic E-state index is 0.131. The second-order valence-corrected chi connectivity index (χ2v) is 3.34. The molecule has 0 saturated carbocycles. The van der Waals surface area contributed by atoms with Gasteiger partial charge in [0.05, 0.1) is 0 Å². The van der Waals surface area contributed by atoms with Crippen molar-refractivity contribution in [3.63, 3.8) is 0 Å². The Morgan fingerprint density at radius 2 is 2.08 bits per heavy atom. The summed E-state index contributed by atoms with van der Waals surface area (Å²) in [6, 6.07) is 0. The first-order valence-corrected chi connectivity index (χ1v) is 4.86. The summed E-state index contributed by atoms with van der Waals surface area (Å²) in [5.41, 5.74) is 0. The molecule has 0 rings (SSSR count). The van der Waals surface area contributed by atoms with Gasteiger partial charge in [-0.25, -0.2) is 0 Å². The average Bonchev–Trinajstić information content (AvgIpc) is 2.10. The molecule has 0 aromatic carbocycles. The van der Waals surface area contributed by atoms with E-state index in [1.807, 2.05) is 6.92 Å². The molecular weight excluding hydrogens is 152 g/mol. The lowest BCUT2D eigenvalue weighted by Crippen LogP contribution is -2.11. The van der Waals surface area contributed by atoms with E-state index < -0.39 is 0 Å². The van der Waals surface area contributed by atoms with E-state index in [1.54, 1.807) is 0 Å². The molecule has 0 aromatic rings. The van der Waals surface area contributed by atoms with Crippen molar-refractivity contribution in [2.45, 2.75) is 46.0 Å². The molecule has 0 radical (unpaired) electrons. The van der Waals surface area contributed by atoms with Gasteiger partial charge >= 0.3 is 0 Å². The number of aliphatic hydroxyl groups excluding tert-OH is 1. The summed E-state index contributed by atoms with van der Waals surface area (Å²) in [6.07, 6.45) is 4.45. The summed E-state index contributed by atoms with van der Waals surface area (Å²) < 4.78 is 0. The fourth-order valence-corrected chi connectivity index (χ4v) is 1.17. The number of unbranched alkanes of at least 4 members (excludes halogenated alkanes) is 1. The molecule has 0 aliphatic heterocycles. The van der Waals surface area contributed by atoms with Gasteiger partial charge in [0.15, 0.2) is 0 Å². The predicted molar refractivity (Wildman–Crippen MR) is 50.0 cm³/mol. The van der Waals surface area contributed by atoms with Crippen LogP contribution in [0.15, 0.2) is 0 Å². The summed E-state index contributed by atoms with van der Waals surface area (Å²) in [4.78, 5) is 11.3. The van der Waals surface area contributed by atoms with Crippen molar-refractivity contribution in [1.82, 2.24) is 0 Å². The molecular formula is C10H20O2. The summed E-state index contributed by atoms with van der Waals surface area (Å²) in [5, 5.41) is 8.52. The largest absolute Gasteiger partial charge is 0.396 e. The molecule has 0 amide bonds. The van der Waals surface area contributed by atoms with E-state index >= 15 is 0 Å². The highest BCUT2D eigenvalue weighted by Crippen LogP contribution is 2.11. The van der Waals surface area contributed by atoms with Crippen molar-refractivity contribution in [3.05, 3.63) is 0 Å². The van der Waals surface area contributed by atoms with Gasteiger partial charge in [-0.05, 0) is 12.8 Å². The van der Waals surface area contributed by atoms with E-state index in [-0.39, 0.29) is 12.5 Å². The maximum atomic E-state index is 11.3. The number of Topliss-reactive ketones (excluding diaryl/α,β-unsaturated/α-hetero) is 1. The Morgan fingerprint density at radius 1 is 1.42 bits per heavy atom. The predicted octanol–water partition coefficient (Wildman–Crippen LogP) is 2.15. The van der Waals surface area contributed by atoms with Crippen LogP contribution in [0.25, 0.3) is 0 Å². The van der Waals surface area contributed by atoms with Gasteiger partial charge in [0.2, 0.25) is 0 Å². The Bertz CT molecular complexity index is 121. The second kappa shape index (κ2) is 7.29. The van der Waals surface area contributed by atoms with E-state index in [9.17, 15) is 4.79 Å². The zero-order valence-electron chi connectivity index (χ0n) is 8.18. The van der Waals surface area contributed by atoms with Gasteiger partial charge in [0, 0.05) is 18.9 Å². The van der Waals surface area contributed by atoms with Gasteiger partial charge in [-0.2, -0.15) is 0 Å². The molecule has 0 aliphatic rings. The monoisotopic (exact) mass is 172 g/mol. The number of ketones is 1. The van der Waals surface area contributed by atoms with Gasteiger partial charge in [-0.1, -0.05) is 26.7 Å². The molecule has 2 heteroatoms. The van der Waals surface area contributed by atoms with Crippen molar-refractivity contribution in [1.29, 1.82) is 0 Å². The molecule has 0 saturated heterocycles. The Hall–Kier alpha value is -0.370. The van der Waals surface area contributed by atoms with Gasteiger partial charge in [0.1, 0.15) is 5.78 Å². The van der Waals surface area contributed by atoms with Crippen molar-refractivity contribution in [3.8, 4) is 0 Å². The molecule has 1 unspecified atom stereocenters. The van der Waals surface area contributed by atoms with Crippen LogP contribution in [0.2, 0.25) is 0 Å². The highest BCUT2D eigenvalue weighted by Gasteiger charge is 2.10. The van der Waals surface area contributed by atoms with Crippen molar-refractivity contribution in [2.75, 3.05) is 6.61 Å². The normalized spacial score (nSPS) is 12.9. The highest BCUT2D eigenvalue weighted by atomic mass is 16.3. The van der Waals surface area contributed by atoms with Gasteiger partial charge in [0.25, 0.3) is 0 Å². The zero-order valence-corrected chi connectivity index (χ0v) is 8.18. The van der Waals surface area contributed by atoms with E-state index in [4.69, 9.17) is 5.11 Å². The lowest BCUT2D eigenvalue weighted by Gasteiger charge is -2.08. The average molecular weight is 172 g/mol. The number of carbonyl (C=O) groups is 1. The molecule has 0 spiro atoms. The fourth-order valence-electron chi connectivity index (χ4n) is 1.17. The molecule has 0 bridgehead atoms. The number of rotatable bonds is 7. The third kappa shape index (κ3) is 5.30. The van der Waals surface area contributed by atoms with Crippen LogP contribution in [0, 0.1) is 5.92 Å². The van der Waals surface area contributed by atoms with Gasteiger partial charge in [-0.3, -0.25) is 4.79 Å². The van der Waals surface area contributed by atoms with Crippen LogP contribution in [0.3, 0.4) is 0 Å². The smallest absolute Gasteiger partial charge is 0.135 e. The van der Waals surface area contributed by atoms with Crippen molar-refractivity contribution in [2.24, 2.45) is 5.92 Å². The van der Waals surface area contributed by atoms with Crippen molar-refractivity contribution < 1.29 is 9.90 Å². The van der Waals surface area contributed by atoms with Crippen LogP contribution in [0.4, 0.5) is 0 Å². The van der Waals surface area contributed by atoms with Crippen LogP contribution in [-0.4, -0.2) is 17.5 Å². The SMILES string of the molecule is CCCCC(C)C(=O)CCCO.